The molecule has 2 heterocycles. The van der Waals surface area contributed by atoms with Gasteiger partial charge in [-0.25, -0.2) is 0 Å². The van der Waals surface area contributed by atoms with Crippen molar-refractivity contribution in [3.8, 4) is 0 Å². The molecule has 1 aromatic carbocycles. The third kappa shape index (κ3) is 3.96. The Morgan fingerprint density at radius 2 is 1.72 bits per heavy atom. The van der Waals surface area contributed by atoms with E-state index >= 15 is 0 Å². The van der Waals surface area contributed by atoms with Crippen LogP contribution in [0.1, 0.15) is 47.9 Å². The third-order valence-electron chi connectivity index (χ3n) is 5.08. The summed E-state index contributed by atoms with van der Waals surface area (Å²) in [6.45, 7) is -1.35. The van der Waals surface area contributed by atoms with Gasteiger partial charge in [0.25, 0.3) is 23.6 Å². The number of benzene rings is 1. The molecule has 32 heavy (non-hydrogen) atoms. The Hall–Kier alpha value is -2.95. The van der Waals surface area contributed by atoms with Crippen LogP contribution in [0.2, 0.25) is 10.0 Å². The van der Waals surface area contributed by atoms with Gasteiger partial charge in [0.2, 0.25) is 0 Å². The molecule has 166 valence electrons. The topological polar surface area (TPSA) is 136 Å². The number of imide groups is 1. The maximum Gasteiger partial charge on any atom is 0.326 e. The molecule has 0 spiro atoms. The first-order valence-corrected chi connectivity index (χ1v) is 11.0. The molecule has 3 N–H and O–H groups in total. The van der Waals surface area contributed by atoms with E-state index in [1.54, 1.807) is 0 Å². The Morgan fingerprint density at radius 3 is 2.31 bits per heavy atom. The molecule has 0 fully saturated rings. The van der Waals surface area contributed by atoms with Gasteiger partial charge >= 0.3 is 5.97 Å². The molecule has 0 bridgehead atoms. The number of carbonyl (C=O) groups is 5. The van der Waals surface area contributed by atoms with Crippen molar-refractivity contribution >= 4 is 69.1 Å². The Kier molecular flexibility index (Phi) is 5.93. The Bertz CT molecular complexity index is 1170. The number of rotatable bonds is 6. The van der Waals surface area contributed by atoms with Gasteiger partial charge in [0.05, 0.1) is 26.7 Å². The minimum absolute atomic E-state index is 0.0275. The van der Waals surface area contributed by atoms with E-state index in [0.29, 0.717) is 16.3 Å². The average Bonchev–Trinajstić information content (AvgIpc) is 3.36. The maximum atomic E-state index is 12.4. The standard InChI is InChI=1S/C20H15Cl2N3O6S/c21-11-4-9-10(5-12(11)22)20(30)25(19(9)29)6-15(27)31-7-14(26)24-18-16(17(23)28)8-2-1-3-13(8)32-18/h4-5H,1-3,6-7H2,(H2,23,28)(H,24,26). The number of hydrogen-bond donors (Lipinski definition) is 2. The second kappa shape index (κ2) is 8.53. The van der Waals surface area contributed by atoms with Gasteiger partial charge < -0.3 is 15.8 Å². The van der Waals surface area contributed by atoms with Crippen LogP contribution in [0, 0.1) is 0 Å². The summed E-state index contributed by atoms with van der Waals surface area (Å²) in [5.41, 5.74) is 6.63. The van der Waals surface area contributed by atoms with Gasteiger partial charge in [0.1, 0.15) is 11.5 Å². The second-order valence-corrected chi connectivity index (χ2v) is 9.06. The van der Waals surface area contributed by atoms with Crippen LogP contribution < -0.4 is 11.1 Å². The van der Waals surface area contributed by atoms with Crippen LogP contribution in [0.15, 0.2) is 12.1 Å². The molecule has 9 nitrogen and oxygen atoms in total. The molecule has 0 atom stereocenters. The summed E-state index contributed by atoms with van der Waals surface area (Å²) in [7, 11) is 0. The summed E-state index contributed by atoms with van der Waals surface area (Å²) >= 11 is 13.0. The molecule has 0 unspecified atom stereocenters. The molecule has 1 aliphatic heterocycles. The van der Waals surface area contributed by atoms with Crippen molar-refractivity contribution in [2.45, 2.75) is 19.3 Å². The Balaban J connectivity index is 1.36. The van der Waals surface area contributed by atoms with Crippen LogP contribution in [-0.2, 0) is 27.2 Å². The number of amides is 4. The van der Waals surface area contributed by atoms with Gasteiger partial charge in [-0.05, 0) is 37.0 Å². The van der Waals surface area contributed by atoms with Crippen LogP contribution in [0.25, 0.3) is 0 Å². The lowest BCUT2D eigenvalue weighted by Crippen LogP contribution is -2.36. The maximum absolute atomic E-state index is 12.4. The van der Waals surface area contributed by atoms with E-state index in [1.165, 1.54) is 23.5 Å². The van der Waals surface area contributed by atoms with Gasteiger partial charge in [-0.2, -0.15) is 0 Å². The summed E-state index contributed by atoms with van der Waals surface area (Å²) < 4.78 is 4.90. The monoisotopic (exact) mass is 495 g/mol. The highest BCUT2D eigenvalue weighted by Gasteiger charge is 2.38. The van der Waals surface area contributed by atoms with Crippen molar-refractivity contribution < 1.29 is 28.7 Å². The van der Waals surface area contributed by atoms with Gasteiger partial charge in [0.15, 0.2) is 6.61 Å². The number of thiophene rings is 1. The highest BCUT2D eigenvalue weighted by atomic mass is 35.5. The number of anilines is 1. The van der Waals surface area contributed by atoms with E-state index in [9.17, 15) is 24.0 Å². The summed E-state index contributed by atoms with van der Waals surface area (Å²) in [6, 6.07) is 2.51. The van der Waals surface area contributed by atoms with Crippen molar-refractivity contribution in [2.24, 2.45) is 5.73 Å². The van der Waals surface area contributed by atoms with E-state index < -0.39 is 42.7 Å². The normalized spacial score (nSPS) is 14.4. The largest absolute Gasteiger partial charge is 0.454 e. The molecule has 4 amide bonds. The number of nitrogens with zero attached hydrogens (tertiary/aromatic N) is 1. The quantitative estimate of drug-likeness (QED) is 0.466. The van der Waals surface area contributed by atoms with Gasteiger partial charge in [-0.15, -0.1) is 11.3 Å². The van der Waals surface area contributed by atoms with E-state index in [1.807, 2.05) is 0 Å². The zero-order valence-corrected chi connectivity index (χ0v) is 18.7. The number of esters is 1. The highest BCUT2D eigenvalue weighted by Crippen LogP contribution is 2.38. The second-order valence-electron chi connectivity index (χ2n) is 7.14. The zero-order chi connectivity index (χ0) is 23.2. The minimum atomic E-state index is -0.962. The fourth-order valence-corrected chi connectivity index (χ4v) is 5.30. The van der Waals surface area contributed by atoms with Crippen molar-refractivity contribution in [1.82, 2.24) is 4.90 Å². The lowest BCUT2D eigenvalue weighted by atomic mass is 10.1. The SMILES string of the molecule is NC(=O)c1c(NC(=O)COC(=O)CN2C(=O)c3cc(Cl)c(Cl)cc3C2=O)sc2c1CCC2. The number of primary amides is 1. The fraction of sp³-hybridized carbons (Fsp3) is 0.250. The van der Waals surface area contributed by atoms with Crippen LogP contribution in [0.3, 0.4) is 0 Å². The molecule has 0 saturated carbocycles. The van der Waals surface area contributed by atoms with Crippen LogP contribution >= 0.6 is 34.5 Å². The van der Waals surface area contributed by atoms with E-state index in [0.717, 1.165) is 23.3 Å². The van der Waals surface area contributed by atoms with E-state index in [4.69, 9.17) is 33.7 Å². The molecular weight excluding hydrogens is 481 g/mol. The summed E-state index contributed by atoms with van der Waals surface area (Å²) in [5.74, 6) is -3.71. The molecule has 1 aliphatic carbocycles. The number of carbonyl (C=O) groups excluding carboxylic acids is 5. The molecule has 12 heteroatoms. The summed E-state index contributed by atoms with van der Waals surface area (Å²) in [6.07, 6.45) is 2.44. The number of halogens is 2. The zero-order valence-electron chi connectivity index (χ0n) is 16.3. The summed E-state index contributed by atoms with van der Waals surface area (Å²) in [4.78, 5) is 62.7. The first-order chi connectivity index (χ1) is 15.2. The van der Waals surface area contributed by atoms with E-state index in [-0.39, 0.29) is 26.7 Å². The molecular formula is C20H15Cl2N3O6S. The van der Waals surface area contributed by atoms with Crippen LogP contribution in [-0.4, -0.2) is 47.6 Å². The molecule has 1 aromatic heterocycles. The lowest BCUT2D eigenvalue weighted by Gasteiger charge is -2.13. The Morgan fingerprint density at radius 1 is 1.09 bits per heavy atom. The molecule has 4 rings (SSSR count). The number of nitrogens with one attached hydrogen (secondary N) is 1. The smallest absolute Gasteiger partial charge is 0.326 e. The predicted octanol–water partition coefficient (Wildman–Crippen LogP) is 2.42. The highest BCUT2D eigenvalue weighted by molar-refractivity contribution is 7.17. The van der Waals surface area contributed by atoms with Crippen molar-refractivity contribution in [3.05, 3.63) is 49.3 Å². The first kappa shape index (κ1) is 22.3. The van der Waals surface area contributed by atoms with Gasteiger partial charge in [-0.1, -0.05) is 23.2 Å². The van der Waals surface area contributed by atoms with Gasteiger partial charge in [-0.3, -0.25) is 28.9 Å². The number of hydrogen-bond acceptors (Lipinski definition) is 7. The van der Waals surface area contributed by atoms with Crippen LogP contribution in [0.5, 0.6) is 0 Å². The number of ether oxygens (including phenoxy) is 1. The number of aryl methyl sites for hydroxylation is 1. The number of nitrogens with two attached hydrogens (primary N) is 1. The first-order valence-electron chi connectivity index (χ1n) is 9.42. The molecule has 0 radical (unpaired) electrons. The Labute approximate surface area is 195 Å². The molecule has 2 aliphatic rings. The predicted molar refractivity (Wildman–Crippen MR) is 116 cm³/mol. The van der Waals surface area contributed by atoms with Gasteiger partial charge in [0, 0.05) is 4.88 Å². The molecule has 0 saturated heterocycles. The number of fused-ring (bicyclic) bond motifs is 2. The summed E-state index contributed by atoms with van der Waals surface area (Å²) in [5, 5.41) is 3.06. The average molecular weight is 496 g/mol. The van der Waals surface area contributed by atoms with E-state index in [2.05, 4.69) is 5.32 Å². The van der Waals surface area contributed by atoms with Crippen LogP contribution in [0.4, 0.5) is 5.00 Å². The fourth-order valence-electron chi connectivity index (χ4n) is 3.66. The third-order valence-corrected chi connectivity index (χ3v) is 7.01. The minimum Gasteiger partial charge on any atom is -0.454 e. The van der Waals surface area contributed by atoms with Crippen molar-refractivity contribution in [1.29, 1.82) is 0 Å². The van der Waals surface area contributed by atoms with Crippen molar-refractivity contribution in [2.75, 3.05) is 18.5 Å². The lowest BCUT2D eigenvalue weighted by molar-refractivity contribution is -0.147. The van der Waals surface area contributed by atoms with Crippen molar-refractivity contribution in [3.63, 3.8) is 0 Å². The molecule has 2 aromatic rings.